The van der Waals surface area contributed by atoms with Gasteiger partial charge in [-0.2, -0.15) is 0 Å². The van der Waals surface area contributed by atoms with Crippen LogP contribution < -0.4 is 9.64 Å². The number of aryl methyl sites for hydroxylation is 1. The number of nitrogens with zero attached hydrogens (tertiary/aromatic N) is 2. The number of urea groups is 1. The van der Waals surface area contributed by atoms with Crippen molar-refractivity contribution in [2.45, 2.75) is 38.5 Å². The Labute approximate surface area is 192 Å². The maximum atomic E-state index is 14.0. The average molecular weight is 447 g/mol. The third kappa shape index (κ3) is 3.24. The van der Waals surface area contributed by atoms with E-state index in [1.807, 2.05) is 55.5 Å². The number of rotatable bonds is 3. The van der Waals surface area contributed by atoms with Crippen molar-refractivity contribution in [2.75, 3.05) is 4.90 Å². The summed E-state index contributed by atoms with van der Waals surface area (Å²) < 4.78 is 6.40. The first kappa shape index (κ1) is 20.6. The minimum atomic E-state index is -0.917. The summed E-state index contributed by atoms with van der Waals surface area (Å²) >= 11 is 6.02. The van der Waals surface area contributed by atoms with E-state index < -0.39 is 17.8 Å². The van der Waals surface area contributed by atoms with Gasteiger partial charge in [-0.3, -0.25) is 14.6 Å². The van der Waals surface area contributed by atoms with Crippen LogP contribution in [0.3, 0.4) is 0 Å². The van der Waals surface area contributed by atoms with Gasteiger partial charge in [-0.25, -0.2) is 4.79 Å². The molecule has 5 nitrogen and oxygen atoms in total. The van der Waals surface area contributed by atoms with Gasteiger partial charge in [0.15, 0.2) is 5.72 Å². The maximum Gasteiger partial charge on any atom is 0.335 e. The number of imide groups is 1. The third-order valence-corrected chi connectivity index (χ3v) is 6.50. The number of carbonyl (C=O) groups excluding carboxylic acids is 2. The summed E-state index contributed by atoms with van der Waals surface area (Å²) in [4.78, 5) is 30.6. The van der Waals surface area contributed by atoms with Gasteiger partial charge in [0.25, 0.3) is 5.91 Å². The summed E-state index contributed by atoms with van der Waals surface area (Å²) in [5, 5.41) is 0.536. The molecule has 1 fully saturated rings. The van der Waals surface area contributed by atoms with Crippen LogP contribution in [0.25, 0.3) is 0 Å². The number of para-hydroxylation sites is 1. The molecular weight excluding hydrogens is 424 g/mol. The fourth-order valence-corrected chi connectivity index (χ4v) is 4.79. The van der Waals surface area contributed by atoms with Crippen molar-refractivity contribution < 1.29 is 14.3 Å². The normalized spacial score (nSPS) is 21.7. The molecule has 0 saturated carbocycles. The first-order valence-electron chi connectivity index (χ1n) is 10.7. The lowest BCUT2D eigenvalue weighted by atomic mass is 9.88. The summed E-state index contributed by atoms with van der Waals surface area (Å²) in [6, 6.07) is 21.2. The molecule has 2 atom stereocenters. The molecule has 32 heavy (non-hydrogen) atoms. The maximum absolute atomic E-state index is 14.0. The van der Waals surface area contributed by atoms with Gasteiger partial charge < -0.3 is 4.74 Å². The summed E-state index contributed by atoms with van der Waals surface area (Å²) in [7, 11) is 0. The van der Waals surface area contributed by atoms with Crippen LogP contribution >= 0.6 is 11.6 Å². The van der Waals surface area contributed by atoms with E-state index in [0.29, 0.717) is 28.4 Å². The highest BCUT2D eigenvalue weighted by Crippen LogP contribution is 2.49. The van der Waals surface area contributed by atoms with Gasteiger partial charge in [0.2, 0.25) is 0 Å². The van der Waals surface area contributed by atoms with Crippen LogP contribution in [0.4, 0.5) is 10.5 Å². The fraction of sp³-hybridized carbons (Fsp3) is 0.231. The van der Waals surface area contributed by atoms with Crippen molar-refractivity contribution in [3.05, 3.63) is 94.5 Å². The molecule has 3 amide bonds. The van der Waals surface area contributed by atoms with Gasteiger partial charge in [0, 0.05) is 28.3 Å². The van der Waals surface area contributed by atoms with Gasteiger partial charge in [0.1, 0.15) is 5.75 Å². The minimum Gasteiger partial charge on any atom is -0.467 e. The van der Waals surface area contributed by atoms with Crippen molar-refractivity contribution >= 4 is 29.2 Å². The summed E-state index contributed by atoms with van der Waals surface area (Å²) in [6.07, 6.45) is 1.30. The number of fused-ring (bicyclic) bond motifs is 4. The van der Waals surface area contributed by atoms with E-state index in [1.165, 1.54) is 4.90 Å². The molecule has 0 spiro atoms. The van der Waals surface area contributed by atoms with E-state index in [2.05, 4.69) is 6.92 Å². The highest BCUT2D eigenvalue weighted by Gasteiger charge is 2.55. The van der Waals surface area contributed by atoms with E-state index in [1.54, 1.807) is 29.2 Å². The van der Waals surface area contributed by atoms with Crippen LogP contribution in [0, 0.1) is 0 Å². The topological polar surface area (TPSA) is 49.9 Å². The Kier molecular flexibility index (Phi) is 4.94. The van der Waals surface area contributed by atoms with E-state index in [4.69, 9.17) is 16.3 Å². The second-order valence-electron chi connectivity index (χ2n) is 8.36. The van der Waals surface area contributed by atoms with Crippen LogP contribution in [-0.4, -0.2) is 22.6 Å². The molecule has 6 heteroatoms. The number of hydrogen-bond acceptors (Lipinski definition) is 3. The van der Waals surface area contributed by atoms with Crippen molar-refractivity contribution in [3.8, 4) is 5.75 Å². The first-order chi connectivity index (χ1) is 15.4. The molecule has 0 unspecified atom stereocenters. The van der Waals surface area contributed by atoms with Crippen molar-refractivity contribution in [2.24, 2.45) is 0 Å². The standard InChI is InChI=1S/C26H23ClN2O3/c1-3-17-7-6-8-20(15-17)29-25(31)28(24(30)18-11-13-19(27)14-12-18)22-16-26(29,2)32-23-10-5-4-9-21(22)23/h4-15,22H,3,16H2,1-2H3/t22-,26-/m1/s1. The van der Waals surface area contributed by atoms with E-state index in [9.17, 15) is 9.59 Å². The smallest absolute Gasteiger partial charge is 0.335 e. The lowest BCUT2D eigenvalue weighted by Gasteiger charge is -2.53. The number of ether oxygens (including phenoxy) is 1. The molecule has 2 aliphatic heterocycles. The average Bonchev–Trinajstić information content (AvgIpc) is 2.79. The van der Waals surface area contributed by atoms with Gasteiger partial charge in [-0.05, 0) is 61.4 Å². The number of amides is 3. The molecule has 3 aromatic rings. The zero-order chi connectivity index (χ0) is 22.5. The molecule has 2 bridgehead atoms. The number of hydrogen-bond donors (Lipinski definition) is 0. The van der Waals surface area contributed by atoms with Gasteiger partial charge >= 0.3 is 6.03 Å². The Morgan fingerprint density at radius 2 is 1.84 bits per heavy atom. The molecule has 0 radical (unpaired) electrons. The van der Waals surface area contributed by atoms with Crippen LogP contribution in [0.5, 0.6) is 5.75 Å². The fourth-order valence-electron chi connectivity index (χ4n) is 4.67. The van der Waals surface area contributed by atoms with Gasteiger partial charge in [0.05, 0.1) is 6.04 Å². The number of carbonyl (C=O) groups is 2. The zero-order valence-electron chi connectivity index (χ0n) is 17.9. The van der Waals surface area contributed by atoms with Crippen molar-refractivity contribution in [1.82, 2.24) is 4.90 Å². The molecule has 3 aromatic carbocycles. The molecular formula is C26H23ClN2O3. The van der Waals surface area contributed by atoms with Crippen molar-refractivity contribution in [3.63, 3.8) is 0 Å². The number of benzene rings is 3. The largest absolute Gasteiger partial charge is 0.467 e. The second kappa shape index (κ2) is 7.68. The quantitative estimate of drug-likeness (QED) is 0.479. The molecule has 0 aromatic heterocycles. The third-order valence-electron chi connectivity index (χ3n) is 6.25. The van der Waals surface area contributed by atoms with Gasteiger partial charge in [-0.1, -0.05) is 48.9 Å². The Hall–Kier alpha value is -3.31. The zero-order valence-corrected chi connectivity index (χ0v) is 18.7. The van der Waals surface area contributed by atoms with E-state index >= 15 is 0 Å². The van der Waals surface area contributed by atoms with E-state index in [0.717, 1.165) is 17.5 Å². The SMILES string of the molecule is CCc1cccc(N2C(=O)N(C(=O)c3ccc(Cl)cc3)[C@@H]3C[C@@]2(C)Oc2ccccc23)c1. The Morgan fingerprint density at radius 1 is 1.09 bits per heavy atom. The van der Waals surface area contributed by atoms with E-state index in [-0.39, 0.29) is 5.91 Å². The molecule has 1 saturated heterocycles. The summed E-state index contributed by atoms with van der Waals surface area (Å²) in [5.41, 5.74) is 2.15. The molecule has 2 heterocycles. The molecule has 0 N–H and O–H groups in total. The Balaban J connectivity index is 1.66. The first-order valence-corrected chi connectivity index (χ1v) is 11.1. The molecule has 162 valence electrons. The predicted molar refractivity (Wildman–Crippen MR) is 124 cm³/mol. The van der Waals surface area contributed by atoms with Crippen molar-refractivity contribution in [1.29, 1.82) is 0 Å². The summed E-state index contributed by atoms with van der Waals surface area (Å²) in [5.74, 6) is 0.330. The summed E-state index contributed by atoms with van der Waals surface area (Å²) in [6.45, 7) is 3.98. The van der Waals surface area contributed by atoms with Crippen LogP contribution in [0.15, 0.2) is 72.8 Å². The number of halogens is 1. The van der Waals surface area contributed by atoms with Gasteiger partial charge in [-0.15, -0.1) is 0 Å². The molecule has 2 aliphatic rings. The Bertz CT molecular complexity index is 1210. The highest BCUT2D eigenvalue weighted by molar-refractivity contribution is 6.30. The lowest BCUT2D eigenvalue weighted by molar-refractivity contribution is 0.00268. The predicted octanol–water partition coefficient (Wildman–Crippen LogP) is 6.22. The number of anilines is 1. The van der Waals surface area contributed by atoms with Crippen LogP contribution in [0.2, 0.25) is 5.02 Å². The lowest BCUT2D eigenvalue weighted by Crippen LogP contribution is -2.67. The minimum absolute atomic E-state index is 0.355. The molecule has 0 aliphatic carbocycles. The monoisotopic (exact) mass is 446 g/mol. The second-order valence-corrected chi connectivity index (χ2v) is 8.79. The Morgan fingerprint density at radius 3 is 2.59 bits per heavy atom. The van der Waals surface area contributed by atoms with Crippen LogP contribution in [-0.2, 0) is 6.42 Å². The highest BCUT2D eigenvalue weighted by atomic mass is 35.5. The van der Waals surface area contributed by atoms with Crippen LogP contribution in [0.1, 0.15) is 47.8 Å². The molecule has 5 rings (SSSR count).